The molecule has 1 N–H and O–H groups in total. The number of amides is 1. The molecule has 0 radical (unpaired) electrons. The number of para-hydroxylation sites is 1. The van der Waals surface area contributed by atoms with Gasteiger partial charge in [0.05, 0.1) is 0 Å². The minimum Gasteiger partial charge on any atom is -0.366 e. The largest absolute Gasteiger partial charge is 0.409 e. The molecule has 1 aromatic carbocycles. The Morgan fingerprint density at radius 1 is 1.40 bits per heavy atom. The van der Waals surface area contributed by atoms with E-state index < -0.39 is 16.2 Å². The minimum atomic E-state index is -4.15. The first-order valence-corrected chi connectivity index (χ1v) is 7.69. The number of benzene rings is 1. The van der Waals surface area contributed by atoms with E-state index in [1.54, 1.807) is 32.1 Å². The monoisotopic (exact) mass is 295 g/mol. The Kier molecular flexibility index (Phi) is 3.85. The highest BCUT2D eigenvalue weighted by atomic mass is 32.2. The minimum absolute atomic E-state index is 0.0606. The van der Waals surface area contributed by atoms with Crippen molar-refractivity contribution in [2.24, 2.45) is 11.8 Å². The standard InChI is InChI=1S/C14H17NO4S/c1-4-11-8-12(11)14(16)15-20(17,18)19-13-9(2)6-5-7-10(13)3/h4-7,11-12H,1,8H2,2-3H3,(H,15,16)/t11-,12+/m1/s1. The molecule has 0 bridgehead atoms. The topological polar surface area (TPSA) is 72.5 Å². The van der Waals surface area contributed by atoms with Gasteiger partial charge in [-0.05, 0) is 37.3 Å². The molecular formula is C14H17NO4S. The van der Waals surface area contributed by atoms with Crippen LogP contribution in [0.15, 0.2) is 30.9 Å². The third-order valence-corrected chi connectivity index (χ3v) is 4.14. The molecule has 2 rings (SSSR count). The van der Waals surface area contributed by atoms with Gasteiger partial charge in [-0.1, -0.05) is 24.3 Å². The summed E-state index contributed by atoms with van der Waals surface area (Å²) in [6.45, 7) is 7.07. The van der Waals surface area contributed by atoms with Crippen LogP contribution in [-0.4, -0.2) is 14.3 Å². The maximum Gasteiger partial charge on any atom is 0.409 e. The fourth-order valence-electron chi connectivity index (χ4n) is 2.04. The predicted octanol–water partition coefficient (Wildman–Crippen LogP) is 1.87. The van der Waals surface area contributed by atoms with Crippen LogP contribution in [-0.2, 0) is 15.1 Å². The zero-order chi connectivity index (χ0) is 14.9. The number of hydrogen-bond acceptors (Lipinski definition) is 4. The highest BCUT2D eigenvalue weighted by molar-refractivity contribution is 7.85. The van der Waals surface area contributed by atoms with Crippen molar-refractivity contribution in [2.75, 3.05) is 0 Å². The molecule has 108 valence electrons. The number of allylic oxidation sites excluding steroid dienone is 1. The normalized spacial score (nSPS) is 21.1. The lowest BCUT2D eigenvalue weighted by atomic mass is 10.1. The van der Waals surface area contributed by atoms with Crippen LogP contribution < -0.4 is 8.91 Å². The van der Waals surface area contributed by atoms with E-state index in [-0.39, 0.29) is 17.6 Å². The molecule has 1 saturated carbocycles. The van der Waals surface area contributed by atoms with Gasteiger partial charge in [-0.3, -0.25) is 4.79 Å². The Labute approximate surface area is 118 Å². The first kappa shape index (κ1) is 14.6. The maximum absolute atomic E-state index is 11.9. The number of carbonyl (C=O) groups excluding carboxylic acids is 1. The third-order valence-electron chi connectivity index (χ3n) is 3.31. The quantitative estimate of drug-likeness (QED) is 0.842. The first-order valence-electron chi connectivity index (χ1n) is 6.29. The van der Waals surface area contributed by atoms with Gasteiger partial charge in [0.15, 0.2) is 0 Å². The van der Waals surface area contributed by atoms with E-state index in [0.29, 0.717) is 17.5 Å². The summed E-state index contributed by atoms with van der Waals surface area (Å²) in [4.78, 5) is 11.7. The number of rotatable bonds is 5. The van der Waals surface area contributed by atoms with Crippen molar-refractivity contribution in [3.63, 3.8) is 0 Å². The molecule has 5 nitrogen and oxygen atoms in total. The van der Waals surface area contributed by atoms with Gasteiger partial charge in [0.2, 0.25) is 5.91 Å². The molecule has 1 aliphatic carbocycles. The van der Waals surface area contributed by atoms with Crippen LogP contribution in [0.4, 0.5) is 0 Å². The smallest absolute Gasteiger partial charge is 0.366 e. The molecule has 2 atom stereocenters. The van der Waals surface area contributed by atoms with Crippen molar-refractivity contribution < 1.29 is 17.4 Å². The Balaban J connectivity index is 2.08. The number of nitrogens with one attached hydrogen (secondary N) is 1. The fraction of sp³-hybridized carbons (Fsp3) is 0.357. The van der Waals surface area contributed by atoms with Gasteiger partial charge in [-0.25, -0.2) is 4.72 Å². The fourth-order valence-corrected chi connectivity index (χ4v) is 2.96. The summed E-state index contributed by atoms with van der Waals surface area (Å²) < 4.78 is 30.7. The van der Waals surface area contributed by atoms with Crippen LogP contribution in [0.1, 0.15) is 17.5 Å². The first-order chi connectivity index (χ1) is 9.34. The van der Waals surface area contributed by atoms with E-state index in [4.69, 9.17) is 4.18 Å². The van der Waals surface area contributed by atoms with E-state index in [1.165, 1.54) is 0 Å². The van der Waals surface area contributed by atoms with E-state index in [9.17, 15) is 13.2 Å². The number of aryl methyl sites for hydroxylation is 2. The summed E-state index contributed by atoms with van der Waals surface area (Å²) in [5, 5.41) is 0. The summed E-state index contributed by atoms with van der Waals surface area (Å²) in [5.74, 6) is -0.542. The van der Waals surface area contributed by atoms with Gasteiger partial charge < -0.3 is 4.18 Å². The molecular weight excluding hydrogens is 278 g/mol. The highest BCUT2D eigenvalue weighted by Gasteiger charge is 2.42. The predicted molar refractivity (Wildman–Crippen MR) is 75.4 cm³/mol. The van der Waals surface area contributed by atoms with E-state index in [0.717, 1.165) is 0 Å². The van der Waals surface area contributed by atoms with Crippen LogP contribution in [0.5, 0.6) is 5.75 Å². The van der Waals surface area contributed by atoms with Crippen LogP contribution in [0, 0.1) is 25.7 Å². The molecule has 1 aliphatic rings. The molecule has 0 unspecified atom stereocenters. The van der Waals surface area contributed by atoms with Crippen molar-refractivity contribution >= 4 is 16.2 Å². The maximum atomic E-state index is 11.9. The summed E-state index contributed by atoms with van der Waals surface area (Å²) >= 11 is 0. The summed E-state index contributed by atoms with van der Waals surface area (Å²) in [5.41, 5.74) is 1.39. The van der Waals surface area contributed by atoms with Gasteiger partial charge in [0, 0.05) is 5.92 Å². The molecule has 0 aromatic heterocycles. The van der Waals surface area contributed by atoms with E-state index >= 15 is 0 Å². The average molecular weight is 295 g/mol. The van der Waals surface area contributed by atoms with Crippen LogP contribution in [0.25, 0.3) is 0 Å². The summed E-state index contributed by atoms with van der Waals surface area (Å²) in [6, 6.07) is 5.30. The molecule has 20 heavy (non-hydrogen) atoms. The van der Waals surface area contributed by atoms with Crippen LogP contribution >= 0.6 is 0 Å². The number of carbonyl (C=O) groups is 1. The second-order valence-electron chi connectivity index (χ2n) is 4.97. The SMILES string of the molecule is C=C[C@@H]1C[C@@H]1C(=O)NS(=O)(=O)Oc1c(C)cccc1C. The number of hydrogen-bond donors (Lipinski definition) is 1. The highest BCUT2D eigenvalue weighted by Crippen LogP contribution is 2.39. The van der Waals surface area contributed by atoms with Gasteiger partial charge in [-0.15, -0.1) is 6.58 Å². The lowest BCUT2D eigenvalue weighted by molar-refractivity contribution is -0.120. The lowest BCUT2D eigenvalue weighted by Gasteiger charge is -2.12. The summed E-state index contributed by atoms with van der Waals surface area (Å²) in [6.07, 6.45) is 2.29. The molecule has 1 aromatic rings. The van der Waals surface area contributed by atoms with Gasteiger partial charge in [0.1, 0.15) is 5.75 Å². The molecule has 0 heterocycles. The second-order valence-corrected chi connectivity index (χ2v) is 6.25. The molecule has 0 saturated heterocycles. The van der Waals surface area contributed by atoms with Crippen molar-refractivity contribution in [1.82, 2.24) is 4.72 Å². The van der Waals surface area contributed by atoms with Crippen molar-refractivity contribution in [1.29, 1.82) is 0 Å². The summed E-state index contributed by atoms with van der Waals surface area (Å²) in [7, 11) is -4.15. The zero-order valence-corrected chi connectivity index (χ0v) is 12.2. The van der Waals surface area contributed by atoms with Crippen molar-refractivity contribution in [2.45, 2.75) is 20.3 Å². The Morgan fingerprint density at radius 3 is 2.50 bits per heavy atom. The van der Waals surface area contributed by atoms with Gasteiger partial charge in [0.25, 0.3) is 0 Å². The lowest BCUT2D eigenvalue weighted by Crippen LogP contribution is -2.35. The zero-order valence-electron chi connectivity index (χ0n) is 11.4. The molecule has 1 amide bonds. The average Bonchev–Trinajstić information content (AvgIpc) is 3.13. The molecule has 1 fully saturated rings. The van der Waals surface area contributed by atoms with Crippen LogP contribution in [0.3, 0.4) is 0 Å². The van der Waals surface area contributed by atoms with Crippen molar-refractivity contribution in [3.8, 4) is 5.75 Å². The van der Waals surface area contributed by atoms with Gasteiger partial charge >= 0.3 is 10.3 Å². The van der Waals surface area contributed by atoms with Gasteiger partial charge in [-0.2, -0.15) is 8.42 Å². The van der Waals surface area contributed by atoms with E-state index in [1.807, 2.05) is 10.8 Å². The van der Waals surface area contributed by atoms with Crippen LogP contribution in [0.2, 0.25) is 0 Å². The Morgan fingerprint density at radius 2 is 2.00 bits per heavy atom. The Bertz CT molecular complexity index is 631. The van der Waals surface area contributed by atoms with E-state index in [2.05, 4.69) is 6.58 Å². The molecule has 0 aliphatic heterocycles. The molecule has 0 spiro atoms. The van der Waals surface area contributed by atoms with Crippen molar-refractivity contribution in [3.05, 3.63) is 42.0 Å². The Hall–Kier alpha value is -1.82. The third kappa shape index (κ3) is 3.19. The molecule has 6 heteroatoms. The second kappa shape index (κ2) is 5.28.